The van der Waals surface area contributed by atoms with Gasteiger partial charge in [-0.05, 0) is 12.8 Å². The average Bonchev–Trinajstić information content (AvgIpc) is 2.03. The van der Waals surface area contributed by atoms with E-state index in [-0.39, 0.29) is 17.6 Å². The fourth-order valence-electron chi connectivity index (χ4n) is 0.963. The molecule has 0 aromatic carbocycles. The Morgan fingerprint density at radius 3 is 2.36 bits per heavy atom. The van der Waals surface area contributed by atoms with Gasteiger partial charge in [0.25, 0.3) is 0 Å². The Balaban J connectivity index is 3.94. The first-order valence-electron chi connectivity index (χ1n) is 4.60. The predicted molar refractivity (Wildman–Crippen MR) is 57.4 cm³/mol. The molecule has 0 fully saturated rings. The minimum Gasteiger partial charge on any atom is -0.480 e. The lowest BCUT2D eigenvalue weighted by atomic mass is 10.1. The van der Waals surface area contributed by atoms with Crippen LogP contribution < -0.4 is 5.32 Å². The number of aliphatic carboxylic acids is 1. The van der Waals surface area contributed by atoms with Crippen LogP contribution in [0, 0.1) is 5.92 Å². The molecule has 0 radical (unpaired) electrons. The molecule has 0 heterocycles. The summed E-state index contributed by atoms with van der Waals surface area (Å²) < 4.78 is 0. The Morgan fingerprint density at radius 2 is 2.00 bits per heavy atom. The molecule has 0 aromatic heterocycles. The highest BCUT2D eigenvalue weighted by atomic mass is 32.2. The summed E-state index contributed by atoms with van der Waals surface area (Å²) in [5.74, 6) is -0.714. The van der Waals surface area contributed by atoms with Gasteiger partial charge >= 0.3 is 5.97 Å². The summed E-state index contributed by atoms with van der Waals surface area (Å²) in [4.78, 5) is 21.8. The van der Waals surface area contributed by atoms with Crippen LogP contribution in [0.2, 0.25) is 0 Å². The monoisotopic (exact) mass is 219 g/mol. The standard InChI is InChI=1S/C9H17NO3S/c1-4-10-7(11)5-14-8(6(2)3)9(12)13/h6,8H,4-5H2,1-3H3,(H,10,11)(H,12,13). The Labute approximate surface area is 88.4 Å². The normalized spacial score (nSPS) is 12.6. The van der Waals surface area contributed by atoms with Crippen LogP contribution in [0.5, 0.6) is 0 Å². The van der Waals surface area contributed by atoms with Crippen molar-refractivity contribution >= 4 is 23.6 Å². The van der Waals surface area contributed by atoms with Gasteiger partial charge in [-0.2, -0.15) is 0 Å². The summed E-state index contributed by atoms with van der Waals surface area (Å²) in [5.41, 5.74) is 0. The Morgan fingerprint density at radius 1 is 1.43 bits per heavy atom. The van der Waals surface area contributed by atoms with Crippen molar-refractivity contribution in [1.29, 1.82) is 0 Å². The average molecular weight is 219 g/mol. The number of hydrogen-bond donors (Lipinski definition) is 2. The van der Waals surface area contributed by atoms with Crippen LogP contribution in [0.15, 0.2) is 0 Å². The van der Waals surface area contributed by atoms with Crippen molar-refractivity contribution in [3.8, 4) is 0 Å². The van der Waals surface area contributed by atoms with E-state index in [1.807, 2.05) is 20.8 Å². The molecule has 0 aromatic rings. The maximum Gasteiger partial charge on any atom is 0.316 e. The Kier molecular flexibility index (Phi) is 6.36. The van der Waals surface area contributed by atoms with Gasteiger partial charge in [0.05, 0.1) is 5.75 Å². The number of amides is 1. The van der Waals surface area contributed by atoms with Crippen molar-refractivity contribution in [1.82, 2.24) is 5.32 Å². The minimum atomic E-state index is -0.853. The SMILES string of the molecule is CCNC(=O)CSC(C(=O)O)C(C)C. The van der Waals surface area contributed by atoms with E-state index in [0.717, 1.165) is 0 Å². The van der Waals surface area contributed by atoms with E-state index >= 15 is 0 Å². The first-order valence-corrected chi connectivity index (χ1v) is 5.65. The molecule has 0 aliphatic heterocycles. The maximum absolute atomic E-state index is 11.1. The molecule has 0 rings (SSSR count). The van der Waals surface area contributed by atoms with Crippen LogP contribution in [-0.4, -0.2) is 34.5 Å². The summed E-state index contributed by atoms with van der Waals surface area (Å²) >= 11 is 1.17. The van der Waals surface area contributed by atoms with Crippen molar-refractivity contribution in [3.63, 3.8) is 0 Å². The van der Waals surface area contributed by atoms with Crippen LogP contribution in [0.1, 0.15) is 20.8 Å². The molecule has 4 nitrogen and oxygen atoms in total. The molecule has 5 heteroatoms. The summed E-state index contributed by atoms with van der Waals surface area (Å²) in [6.07, 6.45) is 0. The first kappa shape index (κ1) is 13.3. The zero-order valence-electron chi connectivity index (χ0n) is 8.74. The smallest absolute Gasteiger partial charge is 0.316 e. The number of carboxylic acids is 1. The van der Waals surface area contributed by atoms with Gasteiger partial charge in [-0.3, -0.25) is 9.59 Å². The first-order chi connectivity index (χ1) is 6.49. The van der Waals surface area contributed by atoms with Crippen molar-refractivity contribution in [3.05, 3.63) is 0 Å². The van der Waals surface area contributed by atoms with Gasteiger partial charge < -0.3 is 10.4 Å². The van der Waals surface area contributed by atoms with Crippen molar-refractivity contribution in [2.24, 2.45) is 5.92 Å². The van der Waals surface area contributed by atoms with Crippen LogP contribution in [0.4, 0.5) is 0 Å². The molecule has 0 bridgehead atoms. The van der Waals surface area contributed by atoms with Crippen molar-refractivity contribution in [2.75, 3.05) is 12.3 Å². The second-order valence-electron chi connectivity index (χ2n) is 3.27. The highest BCUT2D eigenvalue weighted by molar-refractivity contribution is 8.01. The second kappa shape index (κ2) is 6.70. The largest absolute Gasteiger partial charge is 0.480 e. The lowest BCUT2D eigenvalue weighted by molar-refractivity contribution is -0.137. The fraction of sp³-hybridized carbons (Fsp3) is 0.778. The zero-order valence-corrected chi connectivity index (χ0v) is 9.56. The summed E-state index contributed by atoms with van der Waals surface area (Å²) in [6.45, 7) is 6.09. The molecule has 2 N–H and O–H groups in total. The van der Waals surface area contributed by atoms with Gasteiger partial charge in [0.2, 0.25) is 5.91 Å². The molecule has 82 valence electrons. The molecule has 14 heavy (non-hydrogen) atoms. The highest BCUT2D eigenvalue weighted by Gasteiger charge is 2.22. The van der Waals surface area contributed by atoms with E-state index in [1.165, 1.54) is 11.8 Å². The molecular formula is C9H17NO3S. The summed E-state index contributed by atoms with van der Waals surface area (Å²) in [7, 11) is 0. The number of rotatable bonds is 6. The fourth-order valence-corrected chi connectivity index (χ4v) is 1.92. The molecule has 0 aliphatic carbocycles. The maximum atomic E-state index is 11.1. The van der Waals surface area contributed by atoms with Crippen LogP contribution >= 0.6 is 11.8 Å². The topological polar surface area (TPSA) is 66.4 Å². The molecule has 1 unspecified atom stereocenters. The van der Waals surface area contributed by atoms with Gasteiger partial charge in [0.1, 0.15) is 5.25 Å². The quantitative estimate of drug-likeness (QED) is 0.698. The lowest BCUT2D eigenvalue weighted by Gasteiger charge is -2.14. The number of nitrogens with one attached hydrogen (secondary N) is 1. The highest BCUT2D eigenvalue weighted by Crippen LogP contribution is 2.19. The molecule has 0 saturated heterocycles. The molecule has 0 spiro atoms. The summed E-state index contributed by atoms with van der Waals surface area (Å²) in [6, 6.07) is 0. The third kappa shape index (κ3) is 5.11. The van der Waals surface area contributed by atoms with Gasteiger partial charge in [-0.25, -0.2) is 0 Å². The number of carboxylic acid groups (broad SMARTS) is 1. The van der Waals surface area contributed by atoms with E-state index in [0.29, 0.717) is 6.54 Å². The van der Waals surface area contributed by atoms with Crippen molar-refractivity contribution in [2.45, 2.75) is 26.0 Å². The van der Waals surface area contributed by atoms with E-state index in [4.69, 9.17) is 5.11 Å². The van der Waals surface area contributed by atoms with Crippen molar-refractivity contribution < 1.29 is 14.7 Å². The van der Waals surface area contributed by atoms with E-state index in [1.54, 1.807) is 0 Å². The Bertz CT molecular complexity index is 206. The summed E-state index contributed by atoms with van der Waals surface area (Å²) in [5, 5.41) is 11.0. The van der Waals surface area contributed by atoms with Crippen LogP contribution in [0.3, 0.4) is 0 Å². The van der Waals surface area contributed by atoms with Gasteiger partial charge in [0.15, 0.2) is 0 Å². The number of carbonyl (C=O) groups excluding carboxylic acids is 1. The van der Waals surface area contributed by atoms with E-state index in [2.05, 4.69) is 5.32 Å². The van der Waals surface area contributed by atoms with Crippen LogP contribution in [-0.2, 0) is 9.59 Å². The van der Waals surface area contributed by atoms with Gasteiger partial charge in [0, 0.05) is 6.54 Å². The zero-order chi connectivity index (χ0) is 11.1. The van der Waals surface area contributed by atoms with Gasteiger partial charge in [-0.15, -0.1) is 11.8 Å². The van der Waals surface area contributed by atoms with Crippen LogP contribution in [0.25, 0.3) is 0 Å². The lowest BCUT2D eigenvalue weighted by Crippen LogP contribution is -2.29. The Hall–Kier alpha value is -0.710. The number of carbonyl (C=O) groups is 2. The van der Waals surface area contributed by atoms with Gasteiger partial charge in [-0.1, -0.05) is 13.8 Å². The van der Waals surface area contributed by atoms with E-state index in [9.17, 15) is 9.59 Å². The third-order valence-electron chi connectivity index (χ3n) is 1.62. The molecule has 1 atom stereocenters. The second-order valence-corrected chi connectivity index (χ2v) is 4.40. The number of hydrogen-bond acceptors (Lipinski definition) is 3. The third-order valence-corrected chi connectivity index (χ3v) is 3.15. The van der Waals surface area contributed by atoms with E-state index < -0.39 is 11.2 Å². The molecule has 0 saturated carbocycles. The molecule has 0 aliphatic rings. The number of thioether (sulfide) groups is 1. The molecule has 1 amide bonds. The molecular weight excluding hydrogens is 202 g/mol. The predicted octanol–water partition coefficient (Wildman–Crippen LogP) is 0.965. The minimum absolute atomic E-state index is 0.0342.